The van der Waals surface area contributed by atoms with E-state index in [1.54, 1.807) is 18.3 Å². The Morgan fingerprint density at radius 1 is 1.26 bits per heavy atom. The average Bonchev–Trinajstić information content (AvgIpc) is 2.66. The van der Waals surface area contributed by atoms with E-state index in [1.807, 2.05) is 13.8 Å². The summed E-state index contributed by atoms with van der Waals surface area (Å²) >= 11 is 6.24. The van der Waals surface area contributed by atoms with Crippen molar-refractivity contribution in [2.24, 2.45) is 0 Å². The molecule has 1 aliphatic carbocycles. The van der Waals surface area contributed by atoms with Crippen LogP contribution in [0.3, 0.4) is 0 Å². The molecule has 2 rings (SSSR count). The van der Waals surface area contributed by atoms with Crippen molar-refractivity contribution in [1.82, 2.24) is 4.98 Å². The minimum atomic E-state index is -3.27. The van der Waals surface area contributed by atoms with Crippen LogP contribution in [-0.2, 0) is 16.3 Å². The SMILES string of the molecule is CCc1cnc(OC2=C(Cl)CC=C(S(C)(=O)=O)C=C2)c(C)c1C. The summed E-state index contributed by atoms with van der Waals surface area (Å²) in [6.45, 7) is 6.06. The van der Waals surface area contributed by atoms with Gasteiger partial charge in [-0.2, -0.15) is 0 Å². The Hall–Kier alpha value is -1.59. The molecule has 4 nitrogen and oxygen atoms in total. The fourth-order valence-electron chi connectivity index (χ4n) is 2.27. The number of aromatic nitrogens is 1. The first-order valence-corrected chi connectivity index (χ1v) is 9.60. The van der Waals surface area contributed by atoms with Crippen LogP contribution >= 0.6 is 11.6 Å². The topological polar surface area (TPSA) is 56.3 Å². The third-order valence-electron chi connectivity index (χ3n) is 3.87. The zero-order valence-electron chi connectivity index (χ0n) is 13.7. The molecule has 0 N–H and O–H groups in total. The second-order valence-electron chi connectivity index (χ2n) is 5.48. The van der Waals surface area contributed by atoms with Gasteiger partial charge in [0, 0.05) is 24.4 Å². The van der Waals surface area contributed by atoms with Gasteiger partial charge in [-0.05, 0) is 43.5 Å². The van der Waals surface area contributed by atoms with Crippen LogP contribution in [0.5, 0.6) is 5.88 Å². The molecule has 0 fully saturated rings. The van der Waals surface area contributed by atoms with Crippen molar-refractivity contribution in [3.63, 3.8) is 0 Å². The van der Waals surface area contributed by atoms with Gasteiger partial charge >= 0.3 is 0 Å². The summed E-state index contributed by atoms with van der Waals surface area (Å²) in [4.78, 5) is 4.59. The van der Waals surface area contributed by atoms with Crippen molar-refractivity contribution in [2.45, 2.75) is 33.6 Å². The maximum atomic E-state index is 11.6. The Labute approximate surface area is 142 Å². The van der Waals surface area contributed by atoms with E-state index >= 15 is 0 Å². The number of ether oxygens (including phenoxy) is 1. The number of hydrogen-bond acceptors (Lipinski definition) is 4. The van der Waals surface area contributed by atoms with E-state index in [4.69, 9.17) is 16.3 Å². The molecule has 1 heterocycles. The first-order chi connectivity index (χ1) is 10.7. The number of rotatable bonds is 4. The highest BCUT2D eigenvalue weighted by Crippen LogP contribution is 2.28. The largest absolute Gasteiger partial charge is 0.438 e. The molecule has 0 spiro atoms. The van der Waals surface area contributed by atoms with Crippen LogP contribution in [0.4, 0.5) is 0 Å². The van der Waals surface area contributed by atoms with E-state index in [1.165, 1.54) is 17.9 Å². The van der Waals surface area contributed by atoms with Gasteiger partial charge in [-0.3, -0.25) is 0 Å². The predicted molar refractivity (Wildman–Crippen MR) is 93.3 cm³/mol. The van der Waals surface area contributed by atoms with Crippen LogP contribution in [0.25, 0.3) is 0 Å². The number of halogens is 1. The van der Waals surface area contributed by atoms with Gasteiger partial charge in [-0.1, -0.05) is 24.6 Å². The van der Waals surface area contributed by atoms with Crippen molar-refractivity contribution >= 4 is 21.4 Å². The van der Waals surface area contributed by atoms with Gasteiger partial charge in [0.25, 0.3) is 0 Å². The molecule has 0 unspecified atom stereocenters. The Balaban J connectivity index is 2.33. The summed E-state index contributed by atoms with van der Waals surface area (Å²) < 4.78 is 29.1. The van der Waals surface area contributed by atoms with E-state index in [0.29, 0.717) is 23.1 Å². The standard InChI is InChI=1S/C17H20ClNO3S/c1-5-13-10-19-17(12(3)11(13)2)22-16-9-7-14(23(4,20)21)6-8-15(16)18/h6-7,9-10H,5,8H2,1-4H3. The number of nitrogens with zero attached hydrogens (tertiary/aromatic N) is 1. The zero-order valence-corrected chi connectivity index (χ0v) is 15.3. The van der Waals surface area contributed by atoms with Crippen LogP contribution in [-0.4, -0.2) is 19.7 Å². The number of allylic oxidation sites excluding steroid dienone is 4. The molecule has 0 saturated carbocycles. The molecule has 0 amide bonds. The van der Waals surface area contributed by atoms with Gasteiger partial charge in [-0.25, -0.2) is 13.4 Å². The lowest BCUT2D eigenvalue weighted by molar-refractivity contribution is 0.419. The van der Waals surface area contributed by atoms with E-state index in [2.05, 4.69) is 11.9 Å². The third-order valence-corrected chi connectivity index (χ3v) is 5.37. The molecule has 23 heavy (non-hydrogen) atoms. The average molecular weight is 354 g/mol. The molecule has 1 aliphatic rings. The molecule has 0 bridgehead atoms. The minimum absolute atomic E-state index is 0.233. The van der Waals surface area contributed by atoms with Crippen LogP contribution < -0.4 is 4.74 Å². The van der Waals surface area contributed by atoms with Crippen LogP contribution in [0, 0.1) is 13.8 Å². The summed E-state index contributed by atoms with van der Waals surface area (Å²) in [7, 11) is -3.27. The molecular formula is C17H20ClNO3S. The second kappa shape index (κ2) is 6.89. The molecule has 6 heteroatoms. The predicted octanol–water partition coefficient (Wildman–Crippen LogP) is 3.98. The zero-order chi connectivity index (χ0) is 17.2. The van der Waals surface area contributed by atoms with Crippen LogP contribution in [0.2, 0.25) is 0 Å². The van der Waals surface area contributed by atoms with E-state index in [0.717, 1.165) is 17.5 Å². The van der Waals surface area contributed by atoms with Gasteiger partial charge < -0.3 is 4.74 Å². The molecule has 1 aromatic heterocycles. The van der Waals surface area contributed by atoms with E-state index in [9.17, 15) is 8.42 Å². The molecule has 0 aromatic carbocycles. The monoisotopic (exact) mass is 353 g/mol. The Kier molecular flexibility index (Phi) is 5.32. The van der Waals surface area contributed by atoms with Gasteiger partial charge in [0.15, 0.2) is 9.84 Å². The maximum absolute atomic E-state index is 11.6. The van der Waals surface area contributed by atoms with Crippen molar-refractivity contribution < 1.29 is 13.2 Å². The Bertz CT molecular complexity index is 820. The lowest BCUT2D eigenvalue weighted by atomic mass is 10.1. The summed E-state index contributed by atoms with van der Waals surface area (Å²) in [5.74, 6) is 0.904. The van der Waals surface area contributed by atoms with Crippen molar-refractivity contribution in [3.8, 4) is 5.88 Å². The van der Waals surface area contributed by atoms with Crippen molar-refractivity contribution in [3.05, 3.63) is 56.8 Å². The van der Waals surface area contributed by atoms with Gasteiger partial charge in [0.2, 0.25) is 5.88 Å². The Morgan fingerprint density at radius 3 is 2.57 bits per heavy atom. The van der Waals surface area contributed by atoms with Crippen LogP contribution in [0.15, 0.2) is 40.1 Å². The lowest BCUT2D eigenvalue weighted by Gasteiger charge is -2.13. The van der Waals surface area contributed by atoms with Crippen molar-refractivity contribution in [2.75, 3.05) is 6.26 Å². The maximum Gasteiger partial charge on any atom is 0.222 e. The number of aryl methyl sites for hydroxylation is 1. The van der Waals surface area contributed by atoms with Crippen LogP contribution in [0.1, 0.15) is 30.0 Å². The highest BCUT2D eigenvalue weighted by atomic mass is 35.5. The molecule has 0 radical (unpaired) electrons. The first-order valence-electron chi connectivity index (χ1n) is 7.34. The fourth-order valence-corrected chi connectivity index (χ4v) is 3.15. The molecular weight excluding hydrogens is 334 g/mol. The fraction of sp³-hybridized carbons (Fsp3) is 0.353. The van der Waals surface area contributed by atoms with E-state index < -0.39 is 9.84 Å². The minimum Gasteiger partial charge on any atom is -0.438 e. The lowest BCUT2D eigenvalue weighted by Crippen LogP contribution is -2.02. The smallest absolute Gasteiger partial charge is 0.222 e. The number of pyridine rings is 1. The van der Waals surface area contributed by atoms with E-state index in [-0.39, 0.29) is 4.91 Å². The quantitative estimate of drug-likeness (QED) is 0.821. The highest BCUT2D eigenvalue weighted by molar-refractivity contribution is 7.94. The third kappa shape index (κ3) is 4.03. The first kappa shape index (κ1) is 17.8. The van der Waals surface area contributed by atoms with Gasteiger partial charge in [0.1, 0.15) is 5.76 Å². The van der Waals surface area contributed by atoms with Gasteiger partial charge in [-0.15, -0.1) is 0 Å². The number of hydrogen-bond donors (Lipinski definition) is 0. The molecule has 0 saturated heterocycles. The molecule has 0 atom stereocenters. The molecule has 124 valence electrons. The highest BCUT2D eigenvalue weighted by Gasteiger charge is 2.16. The normalized spacial score (nSPS) is 15.4. The summed E-state index contributed by atoms with van der Waals surface area (Å²) in [6.07, 6.45) is 8.84. The number of sulfone groups is 1. The summed E-state index contributed by atoms with van der Waals surface area (Å²) in [6, 6.07) is 0. The van der Waals surface area contributed by atoms with Gasteiger partial charge in [0.05, 0.1) is 9.94 Å². The second-order valence-corrected chi connectivity index (χ2v) is 7.95. The summed E-state index contributed by atoms with van der Waals surface area (Å²) in [5.41, 5.74) is 3.27. The summed E-state index contributed by atoms with van der Waals surface area (Å²) in [5, 5.41) is 0.443. The molecule has 1 aromatic rings. The molecule has 0 aliphatic heterocycles. The van der Waals surface area contributed by atoms with Crippen molar-refractivity contribution in [1.29, 1.82) is 0 Å². The Morgan fingerprint density at radius 2 is 1.96 bits per heavy atom.